The molecule has 1 aliphatic heterocycles. The minimum absolute atomic E-state index is 0.123. The van der Waals surface area contributed by atoms with E-state index in [1.54, 1.807) is 0 Å². The summed E-state index contributed by atoms with van der Waals surface area (Å²) in [6, 6.07) is 6.02. The molecule has 19 heavy (non-hydrogen) atoms. The van der Waals surface area contributed by atoms with Crippen LogP contribution in [0.1, 0.15) is 20.3 Å². The summed E-state index contributed by atoms with van der Waals surface area (Å²) < 4.78 is 0.978. The normalized spacial score (nSPS) is 15.7. The number of amides is 1. The molecule has 0 radical (unpaired) electrons. The van der Waals surface area contributed by atoms with Crippen LogP contribution in [-0.2, 0) is 4.79 Å². The van der Waals surface area contributed by atoms with Gasteiger partial charge in [0.1, 0.15) is 0 Å². The number of anilines is 2. The second-order valence-electron chi connectivity index (χ2n) is 5.77. The average molecular weight is 326 g/mol. The first-order valence-electron chi connectivity index (χ1n) is 6.38. The number of nitrogens with two attached hydrogens (primary N) is 1. The molecular weight excluding hydrogens is 306 g/mol. The predicted octanol–water partition coefficient (Wildman–Crippen LogP) is 2.36. The van der Waals surface area contributed by atoms with Crippen LogP contribution < -0.4 is 15.5 Å². The summed E-state index contributed by atoms with van der Waals surface area (Å²) in [6.45, 7) is 5.03. The smallest absolute Gasteiger partial charge is 0.246 e. The number of carbonyl (C=O) groups excluding carboxylic acids is 1. The summed E-state index contributed by atoms with van der Waals surface area (Å²) in [5.74, 6) is 0.123. The zero-order valence-corrected chi connectivity index (χ0v) is 13.2. The molecule has 0 saturated heterocycles. The van der Waals surface area contributed by atoms with Crippen molar-refractivity contribution in [1.82, 2.24) is 0 Å². The Morgan fingerprint density at radius 2 is 2.05 bits per heavy atom. The van der Waals surface area contributed by atoms with Crippen molar-refractivity contribution in [2.75, 3.05) is 29.9 Å². The maximum absolute atomic E-state index is 12.2. The van der Waals surface area contributed by atoms with E-state index in [2.05, 4.69) is 15.9 Å². The van der Waals surface area contributed by atoms with Crippen molar-refractivity contribution in [3.05, 3.63) is 22.7 Å². The second kappa shape index (κ2) is 5.13. The van der Waals surface area contributed by atoms with Gasteiger partial charge in [-0.25, -0.2) is 0 Å². The van der Waals surface area contributed by atoms with Crippen LogP contribution in [-0.4, -0.2) is 31.6 Å². The lowest BCUT2D eigenvalue weighted by atomic mass is 10.0. The molecule has 1 aromatic rings. The molecule has 0 spiro atoms. The highest BCUT2D eigenvalue weighted by molar-refractivity contribution is 9.10. The molecule has 0 aliphatic carbocycles. The van der Waals surface area contributed by atoms with Crippen molar-refractivity contribution < 1.29 is 4.79 Å². The Labute approximate surface area is 122 Å². The van der Waals surface area contributed by atoms with E-state index in [0.29, 0.717) is 13.1 Å². The van der Waals surface area contributed by atoms with Crippen LogP contribution in [0.5, 0.6) is 0 Å². The quantitative estimate of drug-likeness (QED) is 0.928. The molecule has 0 fully saturated rings. The number of likely N-dealkylation sites (N-methyl/N-ethyl adjacent to an activating group) is 1. The van der Waals surface area contributed by atoms with Crippen molar-refractivity contribution in [3.8, 4) is 0 Å². The Kier molecular flexibility index (Phi) is 3.87. The van der Waals surface area contributed by atoms with E-state index < -0.39 is 0 Å². The van der Waals surface area contributed by atoms with E-state index in [1.807, 2.05) is 48.9 Å². The third-order valence-electron chi connectivity index (χ3n) is 3.29. The SMILES string of the molecule is CN1CC(=O)N(CCC(C)(C)N)c2cc(Br)ccc21. The summed E-state index contributed by atoms with van der Waals surface area (Å²) in [6.07, 6.45) is 0.772. The van der Waals surface area contributed by atoms with Crippen molar-refractivity contribution in [2.45, 2.75) is 25.8 Å². The molecule has 0 atom stereocenters. The van der Waals surface area contributed by atoms with Crippen molar-refractivity contribution in [1.29, 1.82) is 0 Å². The lowest BCUT2D eigenvalue weighted by Crippen LogP contribution is -2.47. The van der Waals surface area contributed by atoms with Gasteiger partial charge in [-0.1, -0.05) is 15.9 Å². The largest absolute Gasteiger partial charge is 0.364 e. The Hall–Kier alpha value is -1.07. The van der Waals surface area contributed by atoms with Gasteiger partial charge in [0.05, 0.1) is 17.9 Å². The maximum atomic E-state index is 12.2. The zero-order valence-electron chi connectivity index (χ0n) is 11.6. The van der Waals surface area contributed by atoms with Gasteiger partial charge in [0.15, 0.2) is 0 Å². The van der Waals surface area contributed by atoms with Crippen molar-refractivity contribution in [2.24, 2.45) is 5.73 Å². The standard InChI is InChI=1S/C14H20BrN3O/c1-14(2,16)6-7-18-12-8-10(15)4-5-11(12)17(3)9-13(18)19/h4-5,8H,6-7,9,16H2,1-3H3. The average Bonchev–Trinajstić information content (AvgIpc) is 2.26. The van der Waals surface area contributed by atoms with Crippen LogP contribution in [0.15, 0.2) is 22.7 Å². The van der Waals surface area contributed by atoms with Crippen LogP contribution >= 0.6 is 15.9 Å². The Bertz CT molecular complexity index is 496. The van der Waals surface area contributed by atoms with Gasteiger partial charge in [-0.3, -0.25) is 4.79 Å². The highest BCUT2D eigenvalue weighted by atomic mass is 79.9. The molecule has 104 valence electrons. The molecular formula is C14H20BrN3O. The molecule has 0 bridgehead atoms. The van der Waals surface area contributed by atoms with Crippen molar-refractivity contribution >= 4 is 33.2 Å². The Morgan fingerprint density at radius 1 is 1.37 bits per heavy atom. The molecule has 0 unspecified atom stereocenters. The fourth-order valence-electron chi connectivity index (χ4n) is 2.19. The van der Waals surface area contributed by atoms with E-state index >= 15 is 0 Å². The Balaban J connectivity index is 2.31. The number of halogens is 1. The predicted molar refractivity (Wildman–Crippen MR) is 82.6 cm³/mol. The van der Waals surface area contributed by atoms with Crippen LogP contribution in [0.25, 0.3) is 0 Å². The van der Waals surface area contributed by atoms with E-state index in [-0.39, 0.29) is 11.4 Å². The molecule has 5 heteroatoms. The fourth-order valence-corrected chi connectivity index (χ4v) is 2.54. The molecule has 2 rings (SSSR count). The van der Waals surface area contributed by atoms with Gasteiger partial charge in [-0.2, -0.15) is 0 Å². The van der Waals surface area contributed by atoms with Crippen LogP contribution in [0.3, 0.4) is 0 Å². The minimum atomic E-state index is -0.268. The summed E-state index contributed by atoms with van der Waals surface area (Å²) in [4.78, 5) is 16.0. The summed E-state index contributed by atoms with van der Waals surface area (Å²) >= 11 is 3.47. The first kappa shape index (κ1) is 14.3. The van der Waals surface area contributed by atoms with E-state index in [4.69, 9.17) is 5.73 Å². The topological polar surface area (TPSA) is 49.6 Å². The van der Waals surface area contributed by atoms with Gasteiger partial charge in [-0.05, 0) is 38.5 Å². The number of carbonyl (C=O) groups is 1. The third kappa shape index (κ3) is 3.28. The highest BCUT2D eigenvalue weighted by Gasteiger charge is 2.28. The summed E-state index contributed by atoms with van der Waals surface area (Å²) in [7, 11) is 1.94. The van der Waals surface area contributed by atoms with Crippen LogP contribution in [0.4, 0.5) is 11.4 Å². The van der Waals surface area contributed by atoms with Gasteiger partial charge >= 0.3 is 0 Å². The van der Waals surface area contributed by atoms with Crippen LogP contribution in [0, 0.1) is 0 Å². The number of hydrogen-bond donors (Lipinski definition) is 1. The van der Waals surface area contributed by atoms with Crippen molar-refractivity contribution in [3.63, 3.8) is 0 Å². The number of rotatable bonds is 3. The van der Waals surface area contributed by atoms with E-state index in [1.165, 1.54) is 0 Å². The number of hydrogen-bond acceptors (Lipinski definition) is 3. The lowest BCUT2D eigenvalue weighted by molar-refractivity contribution is -0.117. The molecule has 1 aliphatic rings. The van der Waals surface area contributed by atoms with E-state index in [0.717, 1.165) is 22.3 Å². The fraction of sp³-hybridized carbons (Fsp3) is 0.500. The molecule has 0 aromatic heterocycles. The number of fused-ring (bicyclic) bond motifs is 1. The molecule has 2 N–H and O–H groups in total. The second-order valence-corrected chi connectivity index (χ2v) is 6.69. The third-order valence-corrected chi connectivity index (χ3v) is 3.79. The lowest BCUT2D eigenvalue weighted by Gasteiger charge is -2.36. The molecule has 1 amide bonds. The molecule has 4 nitrogen and oxygen atoms in total. The van der Waals surface area contributed by atoms with Gasteiger partial charge < -0.3 is 15.5 Å². The first-order chi connectivity index (χ1) is 8.78. The van der Waals surface area contributed by atoms with Gasteiger partial charge in [0.25, 0.3) is 0 Å². The molecule has 0 saturated carbocycles. The molecule has 1 aromatic carbocycles. The van der Waals surface area contributed by atoms with Gasteiger partial charge in [0, 0.05) is 23.6 Å². The van der Waals surface area contributed by atoms with Gasteiger partial charge in [0.2, 0.25) is 5.91 Å². The van der Waals surface area contributed by atoms with Crippen LogP contribution in [0.2, 0.25) is 0 Å². The zero-order chi connectivity index (χ0) is 14.2. The van der Waals surface area contributed by atoms with Gasteiger partial charge in [-0.15, -0.1) is 0 Å². The van der Waals surface area contributed by atoms with E-state index in [9.17, 15) is 4.79 Å². The summed E-state index contributed by atoms with van der Waals surface area (Å²) in [5.41, 5.74) is 7.79. The monoisotopic (exact) mass is 325 g/mol. The summed E-state index contributed by atoms with van der Waals surface area (Å²) in [5, 5.41) is 0. The minimum Gasteiger partial charge on any atom is -0.364 e. The highest BCUT2D eigenvalue weighted by Crippen LogP contribution is 2.35. The number of benzene rings is 1. The first-order valence-corrected chi connectivity index (χ1v) is 7.17. The maximum Gasteiger partial charge on any atom is 0.246 e. The molecule has 1 heterocycles. The number of nitrogens with zero attached hydrogens (tertiary/aromatic N) is 2. The Morgan fingerprint density at radius 3 is 2.68 bits per heavy atom.